The van der Waals surface area contributed by atoms with E-state index in [0.29, 0.717) is 17.9 Å². The third-order valence-corrected chi connectivity index (χ3v) is 2.59. The van der Waals surface area contributed by atoms with E-state index in [2.05, 4.69) is 9.97 Å². The van der Waals surface area contributed by atoms with Gasteiger partial charge in [-0.05, 0) is 33.8 Å². The van der Waals surface area contributed by atoms with Crippen LogP contribution in [0.15, 0.2) is 18.5 Å². The highest BCUT2D eigenvalue weighted by molar-refractivity contribution is 5.91. The normalized spacial score (nSPS) is 11.8. The number of rotatable bonds is 2. The molecule has 0 spiro atoms. The average Bonchev–Trinajstić information content (AvgIpc) is 2.68. The number of aromatic nitrogens is 3. The van der Waals surface area contributed by atoms with Crippen LogP contribution in [0, 0.1) is 0 Å². The van der Waals surface area contributed by atoms with Gasteiger partial charge in [-0.2, -0.15) is 0 Å². The van der Waals surface area contributed by atoms with E-state index in [1.807, 2.05) is 31.4 Å². The molecule has 0 aromatic carbocycles. The third kappa shape index (κ3) is 2.08. The number of carbonyl (C=O) groups is 1. The van der Waals surface area contributed by atoms with Crippen LogP contribution in [0.4, 0.5) is 0 Å². The van der Waals surface area contributed by atoms with Crippen molar-refractivity contribution in [2.24, 2.45) is 0 Å². The first-order chi connectivity index (χ1) is 8.45. The van der Waals surface area contributed by atoms with Crippen molar-refractivity contribution in [3.05, 3.63) is 24.3 Å². The molecular formula is C13H17N3O2. The number of hydrogen-bond acceptors (Lipinski definition) is 4. The lowest BCUT2D eigenvalue weighted by atomic mass is 10.1. The molecule has 0 atom stereocenters. The van der Waals surface area contributed by atoms with Crippen molar-refractivity contribution < 1.29 is 9.53 Å². The Morgan fingerprint density at radius 2 is 2.17 bits per heavy atom. The number of imidazole rings is 1. The average molecular weight is 247 g/mol. The summed E-state index contributed by atoms with van der Waals surface area (Å²) in [5, 5.41) is 0. The van der Waals surface area contributed by atoms with Gasteiger partial charge in [0.15, 0.2) is 0 Å². The molecule has 0 aliphatic heterocycles. The molecule has 0 amide bonds. The molecule has 18 heavy (non-hydrogen) atoms. The van der Waals surface area contributed by atoms with Crippen LogP contribution in [0.3, 0.4) is 0 Å². The summed E-state index contributed by atoms with van der Waals surface area (Å²) in [7, 11) is 0. The standard InChI is InChI=1S/C13H17N3O2/c1-5-18-12(17)11-15-9-8-14-7-6-10(9)16(11)13(2,3)4/h6-8H,5H2,1-4H3. The minimum Gasteiger partial charge on any atom is -0.460 e. The zero-order valence-corrected chi connectivity index (χ0v) is 11.1. The molecule has 0 unspecified atom stereocenters. The lowest BCUT2D eigenvalue weighted by molar-refractivity contribution is 0.0500. The summed E-state index contributed by atoms with van der Waals surface area (Å²) in [6.45, 7) is 8.19. The van der Waals surface area contributed by atoms with Gasteiger partial charge in [-0.3, -0.25) is 4.98 Å². The monoisotopic (exact) mass is 247 g/mol. The van der Waals surface area contributed by atoms with Crippen molar-refractivity contribution in [2.45, 2.75) is 33.2 Å². The Hall–Kier alpha value is -1.91. The molecule has 96 valence electrons. The summed E-state index contributed by atoms with van der Waals surface area (Å²) < 4.78 is 6.94. The highest BCUT2D eigenvalue weighted by Gasteiger charge is 2.26. The van der Waals surface area contributed by atoms with Crippen molar-refractivity contribution >= 4 is 17.0 Å². The molecule has 0 bridgehead atoms. The van der Waals surface area contributed by atoms with E-state index in [0.717, 1.165) is 5.52 Å². The smallest absolute Gasteiger partial charge is 0.374 e. The predicted octanol–water partition coefficient (Wildman–Crippen LogP) is 2.36. The maximum Gasteiger partial charge on any atom is 0.374 e. The Morgan fingerprint density at radius 3 is 2.78 bits per heavy atom. The van der Waals surface area contributed by atoms with Crippen LogP contribution < -0.4 is 0 Å². The Morgan fingerprint density at radius 1 is 1.44 bits per heavy atom. The fraction of sp³-hybridized carbons (Fsp3) is 0.462. The number of esters is 1. The van der Waals surface area contributed by atoms with Crippen LogP contribution in [0.25, 0.3) is 11.0 Å². The summed E-state index contributed by atoms with van der Waals surface area (Å²) in [5.74, 6) is -0.0732. The van der Waals surface area contributed by atoms with Crippen LogP contribution >= 0.6 is 0 Å². The quantitative estimate of drug-likeness (QED) is 0.764. The van der Waals surface area contributed by atoms with Crippen molar-refractivity contribution in [2.75, 3.05) is 6.61 Å². The molecule has 0 fully saturated rings. The van der Waals surface area contributed by atoms with E-state index in [4.69, 9.17) is 4.74 Å². The number of carbonyl (C=O) groups excluding carboxylic acids is 1. The predicted molar refractivity (Wildman–Crippen MR) is 68.5 cm³/mol. The number of pyridine rings is 1. The van der Waals surface area contributed by atoms with Crippen LogP contribution in [0.2, 0.25) is 0 Å². The summed E-state index contributed by atoms with van der Waals surface area (Å²) in [5.41, 5.74) is 1.34. The van der Waals surface area contributed by atoms with Crippen molar-refractivity contribution in [3.63, 3.8) is 0 Å². The van der Waals surface area contributed by atoms with Gasteiger partial charge in [0, 0.05) is 11.7 Å². The fourth-order valence-electron chi connectivity index (χ4n) is 1.94. The molecule has 0 saturated heterocycles. The van der Waals surface area contributed by atoms with E-state index in [1.165, 1.54) is 0 Å². The summed E-state index contributed by atoms with van der Waals surface area (Å²) in [6, 6.07) is 1.86. The van der Waals surface area contributed by atoms with E-state index >= 15 is 0 Å². The van der Waals surface area contributed by atoms with Gasteiger partial charge in [0.05, 0.1) is 18.3 Å². The molecule has 0 N–H and O–H groups in total. The minimum absolute atomic E-state index is 0.252. The molecule has 2 aromatic rings. The first-order valence-corrected chi connectivity index (χ1v) is 5.95. The Bertz CT molecular complexity index is 581. The van der Waals surface area contributed by atoms with Gasteiger partial charge in [-0.1, -0.05) is 0 Å². The lowest BCUT2D eigenvalue weighted by Crippen LogP contribution is -2.26. The van der Waals surface area contributed by atoms with E-state index in [1.54, 1.807) is 19.3 Å². The van der Waals surface area contributed by atoms with Crippen LogP contribution in [-0.4, -0.2) is 27.1 Å². The van der Waals surface area contributed by atoms with Gasteiger partial charge >= 0.3 is 5.97 Å². The largest absolute Gasteiger partial charge is 0.460 e. The van der Waals surface area contributed by atoms with Gasteiger partial charge < -0.3 is 9.30 Å². The molecule has 0 aliphatic rings. The molecule has 2 heterocycles. The molecule has 5 heteroatoms. The minimum atomic E-state index is -0.399. The van der Waals surface area contributed by atoms with E-state index in [-0.39, 0.29) is 5.54 Å². The molecule has 0 radical (unpaired) electrons. The highest BCUT2D eigenvalue weighted by atomic mass is 16.5. The lowest BCUT2D eigenvalue weighted by Gasteiger charge is -2.23. The SMILES string of the molecule is CCOC(=O)c1nc2cnccc2n1C(C)(C)C. The van der Waals surface area contributed by atoms with Gasteiger partial charge in [-0.15, -0.1) is 0 Å². The number of hydrogen-bond donors (Lipinski definition) is 0. The molecule has 0 aliphatic carbocycles. The Kier molecular flexibility index (Phi) is 3.07. The molecule has 2 rings (SSSR count). The van der Waals surface area contributed by atoms with Gasteiger partial charge in [0.25, 0.3) is 0 Å². The van der Waals surface area contributed by atoms with Crippen LogP contribution in [0.5, 0.6) is 0 Å². The van der Waals surface area contributed by atoms with Gasteiger partial charge in [0.2, 0.25) is 5.82 Å². The second-order valence-electron chi connectivity index (χ2n) is 5.03. The van der Waals surface area contributed by atoms with Crippen molar-refractivity contribution in [3.8, 4) is 0 Å². The van der Waals surface area contributed by atoms with Crippen molar-refractivity contribution in [1.82, 2.24) is 14.5 Å². The summed E-state index contributed by atoms with van der Waals surface area (Å²) in [6.07, 6.45) is 3.35. The first kappa shape index (κ1) is 12.5. The Balaban J connectivity index is 2.68. The maximum absolute atomic E-state index is 12.0. The zero-order chi connectivity index (χ0) is 13.3. The molecule has 5 nitrogen and oxygen atoms in total. The second-order valence-corrected chi connectivity index (χ2v) is 5.03. The number of nitrogens with zero attached hydrogens (tertiary/aromatic N) is 3. The first-order valence-electron chi connectivity index (χ1n) is 5.95. The van der Waals surface area contributed by atoms with Crippen LogP contribution in [-0.2, 0) is 10.3 Å². The zero-order valence-electron chi connectivity index (χ0n) is 11.1. The third-order valence-electron chi connectivity index (χ3n) is 2.59. The van der Waals surface area contributed by atoms with Gasteiger partial charge in [-0.25, -0.2) is 9.78 Å². The second kappa shape index (κ2) is 4.40. The van der Waals surface area contributed by atoms with E-state index < -0.39 is 5.97 Å². The van der Waals surface area contributed by atoms with Gasteiger partial charge in [0.1, 0.15) is 5.52 Å². The fourth-order valence-corrected chi connectivity index (χ4v) is 1.94. The van der Waals surface area contributed by atoms with E-state index in [9.17, 15) is 4.79 Å². The Labute approximate surface area is 106 Å². The molecular weight excluding hydrogens is 230 g/mol. The van der Waals surface area contributed by atoms with Crippen LogP contribution in [0.1, 0.15) is 38.3 Å². The topological polar surface area (TPSA) is 57.0 Å². The number of fused-ring (bicyclic) bond motifs is 1. The highest BCUT2D eigenvalue weighted by Crippen LogP contribution is 2.24. The summed E-state index contributed by atoms with van der Waals surface area (Å²) >= 11 is 0. The molecule has 0 saturated carbocycles. The number of ether oxygens (including phenoxy) is 1. The molecule has 2 aromatic heterocycles. The van der Waals surface area contributed by atoms with Crippen molar-refractivity contribution in [1.29, 1.82) is 0 Å². The maximum atomic E-state index is 12.0. The summed E-state index contributed by atoms with van der Waals surface area (Å²) in [4.78, 5) is 20.3.